The molecular weight excluding hydrogens is 471 g/mol. The minimum atomic E-state index is -5.83. The number of aromatic nitrogens is 1. The van der Waals surface area contributed by atoms with E-state index >= 15 is 0 Å². The first-order valence-electron chi connectivity index (χ1n) is 9.64. The molecule has 0 unspecified atom stereocenters. The van der Waals surface area contributed by atoms with Crippen LogP contribution in [0, 0.1) is 18.3 Å². The highest BCUT2D eigenvalue weighted by molar-refractivity contribution is 7.92. The number of oxazole rings is 1. The van der Waals surface area contributed by atoms with Crippen LogP contribution in [0.3, 0.4) is 0 Å². The van der Waals surface area contributed by atoms with E-state index in [-0.39, 0.29) is 11.3 Å². The van der Waals surface area contributed by atoms with Crippen molar-refractivity contribution in [2.75, 3.05) is 5.32 Å². The van der Waals surface area contributed by atoms with Crippen LogP contribution in [0.15, 0.2) is 70.0 Å². The summed E-state index contributed by atoms with van der Waals surface area (Å²) in [6.07, 6.45) is 0. The largest absolute Gasteiger partial charge is 0.501 e. The van der Waals surface area contributed by atoms with Gasteiger partial charge < -0.3 is 9.73 Å². The first-order chi connectivity index (χ1) is 16.0. The van der Waals surface area contributed by atoms with Gasteiger partial charge in [-0.05, 0) is 55.5 Å². The first kappa shape index (κ1) is 23.0. The summed E-state index contributed by atoms with van der Waals surface area (Å²) in [4.78, 5) is 15.9. The molecule has 0 aliphatic rings. The second kappa shape index (κ2) is 8.31. The summed E-state index contributed by atoms with van der Waals surface area (Å²) in [6.45, 7) is 1.91. The number of nitriles is 1. The van der Waals surface area contributed by atoms with Crippen molar-refractivity contribution in [1.29, 1.82) is 5.26 Å². The molecule has 0 spiro atoms. The molecule has 172 valence electrons. The number of aryl methyl sites for hydroxylation is 1. The molecule has 3 aromatic carbocycles. The van der Waals surface area contributed by atoms with Crippen molar-refractivity contribution in [3.05, 3.63) is 77.4 Å². The summed E-state index contributed by atoms with van der Waals surface area (Å²) in [6, 6.07) is 15.7. The van der Waals surface area contributed by atoms with Gasteiger partial charge in [-0.2, -0.15) is 18.4 Å². The SMILES string of the molecule is Cc1cccc(-c2nc3cc(NC(=O)c4cc(C#N)ccc4S(=O)(=O)C(F)(F)F)ccc3o2)c1. The van der Waals surface area contributed by atoms with Crippen molar-refractivity contribution in [2.45, 2.75) is 17.3 Å². The molecular formula is C23H14F3N3O4S. The Bertz CT molecular complexity index is 1590. The zero-order valence-electron chi connectivity index (χ0n) is 17.3. The summed E-state index contributed by atoms with van der Waals surface area (Å²) in [7, 11) is -5.83. The second-order valence-electron chi connectivity index (χ2n) is 7.30. The number of carbonyl (C=O) groups is 1. The van der Waals surface area contributed by atoms with Crippen molar-refractivity contribution in [3.8, 4) is 17.5 Å². The van der Waals surface area contributed by atoms with Crippen molar-refractivity contribution in [3.63, 3.8) is 0 Å². The van der Waals surface area contributed by atoms with Gasteiger partial charge in [0.2, 0.25) is 5.89 Å². The van der Waals surface area contributed by atoms with Crippen LogP contribution >= 0.6 is 0 Å². The van der Waals surface area contributed by atoms with E-state index in [4.69, 9.17) is 9.68 Å². The average Bonchev–Trinajstić information content (AvgIpc) is 3.21. The zero-order chi connectivity index (χ0) is 24.7. The van der Waals surface area contributed by atoms with E-state index < -0.39 is 31.7 Å². The van der Waals surface area contributed by atoms with Crippen molar-refractivity contribution in [2.24, 2.45) is 0 Å². The molecule has 4 aromatic rings. The number of nitrogens with one attached hydrogen (secondary N) is 1. The molecule has 1 amide bonds. The summed E-state index contributed by atoms with van der Waals surface area (Å²) in [5.41, 5.74) is -3.97. The third-order valence-electron chi connectivity index (χ3n) is 4.86. The van der Waals surface area contributed by atoms with Crippen LogP contribution in [-0.4, -0.2) is 24.8 Å². The van der Waals surface area contributed by atoms with Gasteiger partial charge in [0.15, 0.2) is 5.58 Å². The number of halogens is 3. The Labute approximate surface area is 191 Å². The fourth-order valence-electron chi connectivity index (χ4n) is 3.24. The monoisotopic (exact) mass is 485 g/mol. The smallest absolute Gasteiger partial charge is 0.436 e. The molecule has 1 aromatic heterocycles. The first-order valence-corrected chi connectivity index (χ1v) is 11.1. The Balaban J connectivity index is 1.70. The Morgan fingerprint density at radius 1 is 1.09 bits per heavy atom. The number of carbonyl (C=O) groups excluding carboxylic acids is 1. The van der Waals surface area contributed by atoms with E-state index in [2.05, 4.69) is 10.3 Å². The summed E-state index contributed by atoms with van der Waals surface area (Å²) in [5, 5.41) is 11.4. The summed E-state index contributed by atoms with van der Waals surface area (Å²) in [5.74, 6) is -0.802. The maximum atomic E-state index is 13.1. The highest BCUT2D eigenvalue weighted by Crippen LogP contribution is 2.33. The average molecular weight is 485 g/mol. The molecule has 1 heterocycles. The van der Waals surface area contributed by atoms with Crippen molar-refractivity contribution >= 4 is 32.5 Å². The van der Waals surface area contributed by atoms with Gasteiger partial charge in [0.25, 0.3) is 15.7 Å². The molecule has 0 saturated carbocycles. The van der Waals surface area contributed by atoms with E-state index in [1.165, 1.54) is 18.2 Å². The van der Waals surface area contributed by atoms with E-state index in [1.54, 1.807) is 6.07 Å². The molecule has 0 atom stereocenters. The minimum Gasteiger partial charge on any atom is -0.436 e. The van der Waals surface area contributed by atoms with E-state index in [9.17, 15) is 26.4 Å². The number of hydrogen-bond acceptors (Lipinski definition) is 6. The molecule has 0 radical (unpaired) electrons. The second-order valence-corrected chi connectivity index (χ2v) is 9.21. The van der Waals surface area contributed by atoms with Gasteiger partial charge in [0.1, 0.15) is 5.52 Å². The highest BCUT2D eigenvalue weighted by Gasteiger charge is 2.48. The fourth-order valence-corrected chi connectivity index (χ4v) is 4.18. The topological polar surface area (TPSA) is 113 Å². The maximum absolute atomic E-state index is 13.1. The molecule has 4 rings (SSSR count). The van der Waals surface area contributed by atoms with Crippen LogP contribution in [0.25, 0.3) is 22.6 Å². The van der Waals surface area contributed by atoms with Crippen LogP contribution in [-0.2, 0) is 9.84 Å². The van der Waals surface area contributed by atoms with Crippen LogP contribution in [0.4, 0.5) is 18.9 Å². The summed E-state index contributed by atoms with van der Waals surface area (Å²) < 4.78 is 69.0. The number of hydrogen-bond donors (Lipinski definition) is 1. The third kappa shape index (κ3) is 4.23. The lowest BCUT2D eigenvalue weighted by atomic mass is 10.1. The Kier molecular flexibility index (Phi) is 5.62. The fraction of sp³-hybridized carbons (Fsp3) is 0.0870. The molecule has 0 bridgehead atoms. The number of alkyl halides is 3. The minimum absolute atomic E-state index is 0.138. The number of fused-ring (bicyclic) bond motifs is 1. The molecule has 0 saturated heterocycles. The third-order valence-corrected chi connectivity index (χ3v) is 6.40. The predicted octanol–water partition coefficient (Wildman–Crippen LogP) is 5.22. The zero-order valence-corrected chi connectivity index (χ0v) is 18.2. The molecule has 0 aliphatic heterocycles. The van der Waals surface area contributed by atoms with E-state index in [1.807, 2.05) is 31.2 Å². The van der Waals surface area contributed by atoms with Gasteiger partial charge in [-0.25, -0.2) is 13.4 Å². The molecule has 34 heavy (non-hydrogen) atoms. The van der Waals surface area contributed by atoms with Gasteiger partial charge >= 0.3 is 5.51 Å². The number of benzene rings is 3. The van der Waals surface area contributed by atoms with Gasteiger partial charge in [-0.15, -0.1) is 0 Å². The normalized spacial score (nSPS) is 11.9. The molecule has 7 nitrogen and oxygen atoms in total. The van der Waals surface area contributed by atoms with Gasteiger partial charge in [0, 0.05) is 11.3 Å². The van der Waals surface area contributed by atoms with Crippen LogP contribution in [0.2, 0.25) is 0 Å². The van der Waals surface area contributed by atoms with Crippen molar-refractivity contribution in [1.82, 2.24) is 4.98 Å². The lowest BCUT2D eigenvalue weighted by Gasteiger charge is -2.13. The molecule has 1 N–H and O–H groups in total. The predicted molar refractivity (Wildman–Crippen MR) is 117 cm³/mol. The molecule has 11 heteroatoms. The van der Waals surface area contributed by atoms with E-state index in [0.717, 1.165) is 23.3 Å². The molecule has 0 aliphatic carbocycles. The van der Waals surface area contributed by atoms with E-state index in [0.29, 0.717) is 23.1 Å². The lowest BCUT2D eigenvalue weighted by Crippen LogP contribution is -2.26. The van der Waals surface area contributed by atoms with Gasteiger partial charge in [-0.3, -0.25) is 4.79 Å². The van der Waals surface area contributed by atoms with Crippen molar-refractivity contribution < 1.29 is 30.8 Å². The number of anilines is 1. The Morgan fingerprint density at radius 2 is 1.85 bits per heavy atom. The summed E-state index contributed by atoms with van der Waals surface area (Å²) >= 11 is 0. The number of sulfone groups is 1. The number of nitrogens with zero attached hydrogens (tertiary/aromatic N) is 2. The Morgan fingerprint density at radius 3 is 2.53 bits per heavy atom. The highest BCUT2D eigenvalue weighted by atomic mass is 32.2. The maximum Gasteiger partial charge on any atom is 0.501 e. The molecule has 0 fully saturated rings. The quantitative estimate of drug-likeness (QED) is 0.424. The lowest BCUT2D eigenvalue weighted by molar-refractivity contribution is -0.0436. The number of amides is 1. The van der Waals surface area contributed by atoms with Gasteiger partial charge in [0.05, 0.1) is 22.1 Å². The van der Waals surface area contributed by atoms with Gasteiger partial charge in [-0.1, -0.05) is 17.7 Å². The van der Waals surface area contributed by atoms with Crippen LogP contribution in [0.1, 0.15) is 21.5 Å². The number of rotatable bonds is 4. The van der Waals surface area contributed by atoms with Crippen LogP contribution in [0.5, 0.6) is 0 Å². The Hall–Kier alpha value is -4.17. The van der Waals surface area contributed by atoms with Crippen LogP contribution < -0.4 is 5.32 Å². The standard InChI is InChI=1S/C23H14F3N3O4S/c1-13-3-2-4-15(9-13)22-29-18-11-16(6-7-19(18)33-22)28-21(30)17-10-14(12-27)5-8-20(17)34(31,32)23(24,25)26/h2-11H,1H3,(H,28,30).